The van der Waals surface area contributed by atoms with Gasteiger partial charge in [-0.2, -0.15) is 11.8 Å². The predicted octanol–water partition coefficient (Wildman–Crippen LogP) is 2.30. The van der Waals surface area contributed by atoms with Crippen molar-refractivity contribution in [2.75, 3.05) is 18.6 Å². The van der Waals surface area contributed by atoms with Gasteiger partial charge in [0.2, 0.25) is 0 Å². The third kappa shape index (κ3) is 5.72. The number of alkyl halides is 1. The normalized spacial score (nSPS) is 12.6. The van der Waals surface area contributed by atoms with E-state index in [0.717, 1.165) is 12.2 Å². The molecule has 0 heterocycles. The molecular formula is C8H15ClO2S. The molecule has 0 aliphatic carbocycles. The third-order valence-electron chi connectivity index (χ3n) is 1.35. The lowest BCUT2D eigenvalue weighted by Gasteiger charge is -2.07. The standard InChI is InChI=1S/C8H15ClO2S/c1-3-11-8(10)7(9)5-4-6-12-2/h7H,3-6H2,1-2H3. The van der Waals surface area contributed by atoms with E-state index in [-0.39, 0.29) is 5.97 Å². The molecule has 12 heavy (non-hydrogen) atoms. The zero-order valence-electron chi connectivity index (χ0n) is 7.51. The highest BCUT2D eigenvalue weighted by molar-refractivity contribution is 7.98. The molecule has 0 radical (unpaired) electrons. The van der Waals surface area contributed by atoms with Crippen molar-refractivity contribution < 1.29 is 9.53 Å². The lowest BCUT2D eigenvalue weighted by Crippen LogP contribution is -2.17. The summed E-state index contributed by atoms with van der Waals surface area (Å²) in [5, 5.41) is -0.461. The summed E-state index contributed by atoms with van der Waals surface area (Å²) in [5.74, 6) is 0.753. The van der Waals surface area contributed by atoms with Crippen LogP contribution < -0.4 is 0 Å². The van der Waals surface area contributed by atoms with Crippen LogP contribution in [0.15, 0.2) is 0 Å². The van der Waals surface area contributed by atoms with Crippen LogP contribution in [0.4, 0.5) is 0 Å². The molecule has 0 aliphatic rings. The number of halogens is 1. The molecule has 0 aliphatic heterocycles. The van der Waals surface area contributed by atoms with Crippen molar-refractivity contribution in [2.45, 2.75) is 25.1 Å². The van der Waals surface area contributed by atoms with Crippen molar-refractivity contribution in [2.24, 2.45) is 0 Å². The van der Waals surface area contributed by atoms with Crippen LogP contribution >= 0.6 is 23.4 Å². The van der Waals surface area contributed by atoms with Crippen LogP contribution in [0.1, 0.15) is 19.8 Å². The number of ether oxygens (including phenoxy) is 1. The Morgan fingerprint density at radius 1 is 1.67 bits per heavy atom. The average Bonchev–Trinajstić information content (AvgIpc) is 2.05. The van der Waals surface area contributed by atoms with E-state index in [1.165, 1.54) is 0 Å². The zero-order valence-corrected chi connectivity index (χ0v) is 9.08. The van der Waals surface area contributed by atoms with Gasteiger partial charge in [-0.1, -0.05) is 0 Å². The Balaban J connectivity index is 3.42. The van der Waals surface area contributed by atoms with Gasteiger partial charge in [0, 0.05) is 0 Å². The summed E-state index contributed by atoms with van der Waals surface area (Å²) >= 11 is 7.52. The van der Waals surface area contributed by atoms with Crippen LogP contribution in [-0.2, 0) is 9.53 Å². The van der Waals surface area contributed by atoms with Gasteiger partial charge < -0.3 is 4.74 Å². The zero-order chi connectivity index (χ0) is 9.40. The van der Waals surface area contributed by atoms with Crippen molar-refractivity contribution in [3.63, 3.8) is 0 Å². The predicted molar refractivity (Wildman–Crippen MR) is 53.9 cm³/mol. The molecule has 0 N–H and O–H groups in total. The molecule has 0 spiro atoms. The maximum Gasteiger partial charge on any atom is 0.324 e. The van der Waals surface area contributed by atoms with Crippen molar-refractivity contribution in [1.29, 1.82) is 0 Å². The number of hydrogen-bond acceptors (Lipinski definition) is 3. The molecule has 0 aromatic rings. The van der Waals surface area contributed by atoms with Gasteiger partial charge in [0.1, 0.15) is 5.38 Å². The minimum Gasteiger partial charge on any atom is -0.465 e. The van der Waals surface area contributed by atoms with Gasteiger partial charge in [0.25, 0.3) is 0 Å². The Morgan fingerprint density at radius 3 is 2.83 bits per heavy atom. The van der Waals surface area contributed by atoms with Gasteiger partial charge in [-0.15, -0.1) is 11.6 Å². The van der Waals surface area contributed by atoms with Crippen molar-refractivity contribution in [3.05, 3.63) is 0 Å². The second-order valence-electron chi connectivity index (χ2n) is 2.35. The molecule has 4 heteroatoms. The summed E-state index contributed by atoms with van der Waals surface area (Å²) in [4.78, 5) is 11.0. The lowest BCUT2D eigenvalue weighted by molar-refractivity contribution is -0.142. The van der Waals surface area contributed by atoms with Gasteiger partial charge in [0.05, 0.1) is 6.61 Å². The summed E-state index contributed by atoms with van der Waals surface area (Å²) in [6.45, 7) is 2.19. The first-order valence-corrected chi connectivity index (χ1v) is 5.85. The van der Waals surface area contributed by atoms with Crippen LogP contribution in [0, 0.1) is 0 Å². The van der Waals surface area contributed by atoms with E-state index in [9.17, 15) is 4.79 Å². The number of carbonyl (C=O) groups excluding carboxylic acids is 1. The minimum absolute atomic E-state index is 0.291. The van der Waals surface area contributed by atoms with E-state index in [2.05, 4.69) is 0 Å². The molecule has 2 nitrogen and oxygen atoms in total. The molecule has 0 amide bonds. The highest BCUT2D eigenvalue weighted by Crippen LogP contribution is 2.09. The molecule has 0 rings (SSSR count). The van der Waals surface area contributed by atoms with Crippen LogP contribution in [-0.4, -0.2) is 30.0 Å². The van der Waals surface area contributed by atoms with E-state index < -0.39 is 5.38 Å². The topological polar surface area (TPSA) is 26.3 Å². The van der Waals surface area contributed by atoms with Gasteiger partial charge >= 0.3 is 5.97 Å². The molecule has 0 saturated carbocycles. The van der Waals surface area contributed by atoms with E-state index >= 15 is 0 Å². The number of thioether (sulfide) groups is 1. The second kappa shape index (κ2) is 7.74. The molecule has 0 aromatic carbocycles. The fourth-order valence-corrected chi connectivity index (χ4v) is 1.43. The highest BCUT2D eigenvalue weighted by Gasteiger charge is 2.15. The van der Waals surface area contributed by atoms with Gasteiger partial charge in [-0.05, 0) is 31.8 Å². The summed E-state index contributed by atoms with van der Waals surface area (Å²) in [5.41, 5.74) is 0. The summed E-state index contributed by atoms with van der Waals surface area (Å²) in [6, 6.07) is 0. The highest BCUT2D eigenvalue weighted by atomic mass is 35.5. The molecule has 72 valence electrons. The minimum atomic E-state index is -0.461. The maximum atomic E-state index is 11.0. The van der Waals surface area contributed by atoms with Gasteiger partial charge in [-0.3, -0.25) is 4.79 Å². The van der Waals surface area contributed by atoms with Gasteiger partial charge in [0.15, 0.2) is 0 Å². The first kappa shape index (κ1) is 12.1. The van der Waals surface area contributed by atoms with Crippen molar-refractivity contribution in [1.82, 2.24) is 0 Å². The molecular weight excluding hydrogens is 196 g/mol. The number of esters is 1. The maximum absolute atomic E-state index is 11.0. The summed E-state index contributed by atoms with van der Waals surface area (Å²) in [7, 11) is 0. The molecule has 1 atom stereocenters. The van der Waals surface area contributed by atoms with Crippen molar-refractivity contribution >= 4 is 29.3 Å². The monoisotopic (exact) mass is 210 g/mol. The average molecular weight is 211 g/mol. The number of carbonyl (C=O) groups is 1. The fraction of sp³-hybridized carbons (Fsp3) is 0.875. The lowest BCUT2D eigenvalue weighted by atomic mass is 10.2. The van der Waals surface area contributed by atoms with Gasteiger partial charge in [-0.25, -0.2) is 0 Å². The quantitative estimate of drug-likeness (QED) is 0.382. The Morgan fingerprint density at radius 2 is 2.33 bits per heavy atom. The molecule has 0 fully saturated rings. The number of hydrogen-bond donors (Lipinski definition) is 0. The molecule has 0 aromatic heterocycles. The Labute approximate surface area is 83.0 Å². The van der Waals surface area contributed by atoms with E-state index in [1.54, 1.807) is 18.7 Å². The fourth-order valence-electron chi connectivity index (χ4n) is 0.757. The first-order chi connectivity index (χ1) is 5.72. The smallest absolute Gasteiger partial charge is 0.324 e. The van der Waals surface area contributed by atoms with Crippen LogP contribution in [0.25, 0.3) is 0 Å². The SMILES string of the molecule is CCOC(=O)C(Cl)CCCSC. The Hall–Kier alpha value is 0.110. The largest absolute Gasteiger partial charge is 0.465 e. The van der Waals surface area contributed by atoms with Crippen molar-refractivity contribution in [3.8, 4) is 0 Å². The second-order valence-corrected chi connectivity index (χ2v) is 3.87. The number of rotatable bonds is 6. The van der Waals surface area contributed by atoms with Crippen LogP contribution in [0.3, 0.4) is 0 Å². The van der Waals surface area contributed by atoms with Crippen LogP contribution in [0.2, 0.25) is 0 Å². The molecule has 1 unspecified atom stereocenters. The van der Waals surface area contributed by atoms with E-state index in [0.29, 0.717) is 13.0 Å². The van der Waals surface area contributed by atoms with Crippen LogP contribution in [0.5, 0.6) is 0 Å². The Kier molecular flexibility index (Phi) is 7.81. The molecule has 0 bridgehead atoms. The molecule has 0 saturated heterocycles. The first-order valence-electron chi connectivity index (χ1n) is 4.02. The summed E-state index contributed by atoms with van der Waals surface area (Å²) in [6.07, 6.45) is 3.71. The summed E-state index contributed by atoms with van der Waals surface area (Å²) < 4.78 is 4.76. The third-order valence-corrected chi connectivity index (χ3v) is 2.44. The Bertz CT molecular complexity index is 130. The van der Waals surface area contributed by atoms with E-state index in [1.807, 2.05) is 6.26 Å². The van der Waals surface area contributed by atoms with E-state index in [4.69, 9.17) is 16.3 Å².